The standard InChI is InChI=1S/C13H15FN2O3/c14-11-1-2-12(10(7-11)8-13(18)19)16-5-3-15(9-17)4-6-16/h1-2,7,9H,3-6,8H2,(H,18,19). The Morgan fingerprint density at radius 2 is 2.00 bits per heavy atom. The molecule has 1 aliphatic rings. The number of hydrogen-bond acceptors (Lipinski definition) is 3. The summed E-state index contributed by atoms with van der Waals surface area (Å²) in [6, 6.07) is 4.19. The number of hydrogen-bond donors (Lipinski definition) is 1. The maximum absolute atomic E-state index is 13.2. The van der Waals surface area contributed by atoms with Crippen LogP contribution in [0.2, 0.25) is 0 Å². The highest BCUT2D eigenvalue weighted by Gasteiger charge is 2.19. The fourth-order valence-corrected chi connectivity index (χ4v) is 2.24. The third-order valence-electron chi connectivity index (χ3n) is 3.19. The fraction of sp³-hybridized carbons (Fsp3) is 0.385. The zero-order chi connectivity index (χ0) is 13.8. The first kappa shape index (κ1) is 13.3. The van der Waals surface area contributed by atoms with Crippen molar-refractivity contribution in [2.75, 3.05) is 31.1 Å². The van der Waals surface area contributed by atoms with E-state index in [0.29, 0.717) is 31.7 Å². The molecule has 0 saturated carbocycles. The molecule has 1 aromatic rings. The second-order valence-corrected chi connectivity index (χ2v) is 4.47. The molecule has 1 heterocycles. The average molecular weight is 266 g/mol. The van der Waals surface area contributed by atoms with Crippen LogP contribution in [0.25, 0.3) is 0 Å². The Hall–Kier alpha value is -2.11. The van der Waals surface area contributed by atoms with E-state index in [1.165, 1.54) is 12.1 Å². The molecule has 102 valence electrons. The third kappa shape index (κ3) is 3.21. The van der Waals surface area contributed by atoms with Gasteiger partial charge < -0.3 is 14.9 Å². The van der Waals surface area contributed by atoms with Crippen molar-refractivity contribution in [3.63, 3.8) is 0 Å². The van der Waals surface area contributed by atoms with E-state index in [9.17, 15) is 14.0 Å². The number of carbonyl (C=O) groups excluding carboxylic acids is 1. The number of aliphatic carboxylic acids is 1. The normalized spacial score (nSPS) is 15.4. The van der Waals surface area contributed by atoms with Crippen LogP contribution in [0.3, 0.4) is 0 Å². The molecule has 1 aromatic carbocycles. The number of piperazine rings is 1. The van der Waals surface area contributed by atoms with Crippen LogP contribution in [-0.2, 0) is 16.0 Å². The molecule has 0 aromatic heterocycles. The van der Waals surface area contributed by atoms with Gasteiger partial charge in [-0.25, -0.2) is 4.39 Å². The lowest BCUT2D eigenvalue weighted by molar-refractivity contribution is -0.136. The third-order valence-corrected chi connectivity index (χ3v) is 3.19. The summed E-state index contributed by atoms with van der Waals surface area (Å²) in [5.74, 6) is -1.43. The number of carboxylic acid groups (broad SMARTS) is 1. The molecule has 6 heteroatoms. The molecule has 0 radical (unpaired) electrons. The van der Waals surface area contributed by atoms with Crippen LogP contribution in [0.1, 0.15) is 5.56 Å². The Morgan fingerprint density at radius 1 is 1.32 bits per heavy atom. The van der Waals surface area contributed by atoms with Crippen LogP contribution in [0.4, 0.5) is 10.1 Å². The lowest BCUT2D eigenvalue weighted by Gasteiger charge is -2.35. The van der Waals surface area contributed by atoms with E-state index >= 15 is 0 Å². The minimum atomic E-state index is -0.988. The zero-order valence-electron chi connectivity index (χ0n) is 10.4. The number of nitrogens with zero attached hydrogens (tertiary/aromatic N) is 2. The number of carbonyl (C=O) groups is 2. The monoisotopic (exact) mass is 266 g/mol. The van der Waals surface area contributed by atoms with Crippen molar-refractivity contribution < 1.29 is 19.1 Å². The second-order valence-electron chi connectivity index (χ2n) is 4.47. The van der Waals surface area contributed by atoms with E-state index in [-0.39, 0.29) is 6.42 Å². The Morgan fingerprint density at radius 3 is 2.58 bits per heavy atom. The highest BCUT2D eigenvalue weighted by Crippen LogP contribution is 2.23. The summed E-state index contributed by atoms with van der Waals surface area (Å²) in [7, 11) is 0. The number of benzene rings is 1. The molecule has 0 aliphatic carbocycles. The van der Waals surface area contributed by atoms with Crippen molar-refractivity contribution in [3.8, 4) is 0 Å². The Balaban J connectivity index is 2.19. The van der Waals surface area contributed by atoms with Gasteiger partial charge in [-0.05, 0) is 23.8 Å². The number of amides is 1. The van der Waals surface area contributed by atoms with Crippen molar-refractivity contribution in [1.82, 2.24) is 4.90 Å². The van der Waals surface area contributed by atoms with Crippen molar-refractivity contribution in [2.45, 2.75) is 6.42 Å². The first-order chi connectivity index (χ1) is 9.10. The van der Waals surface area contributed by atoms with E-state index in [1.807, 2.05) is 4.90 Å². The van der Waals surface area contributed by atoms with Crippen LogP contribution in [0, 0.1) is 5.82 Å². The van der Waals surface area contributed by atoms with Crippen molar-refractivity contribution in [2.24, 2.45) is 0 Å². The van der Waals surface area contributed by atoms with E-state index in [1.54, 1.807) is 11.0 Å². The minimum absolute atomic E-state index is 0.207. The van der Waals surface area contributed by atoms with Gasteiger partial charge in [0.15, 0.2) is 0 Å². The summed E-state index contributed by atoms with van der Waals surface area (Å²) in [6.45, 7) is 2.43. The second kappa shape index (κ2) is 5.69. The largest absolute Gasteiger partial charge is 0.481 e. The first-order valence-electron chi connectivity index (χ1n) is 6.04. The molecule has 5 nitrogen and oxygen atoms in total. The number of halogens is 1. The van der Waals surface area contributed by atoms with E-state index in [4.69, 9.17) is 5.11 Å². The Bertz CT molecular complexity index is 485. The number of anilines is 1. The van der Waals surface area contributed by atoms with Gasteiger partial charge in [-0.15, -0.1) is 0 Å². The lowest BCUT2D eigenvalue weighted by atomic mass is 10.1. The van der Waals surface area contributed by atoms with Gasteiger partial charge in [0, 0.05) is 31.9 Å². The Labute approximate surface area is 110 Å². The molecule has 1 aliphatic heterocycles. The zero-order valence-corrected chi connectivity index (χ0v) is 10.4. The predicted octanol–water partition coefficient (Wildman–Crippen LogP) is 0.731. The molecular formula is C13H15FN2O3. The molecule has 1 amide bonds. The molecule has 1 N–H and O–H groups in total. The molecule has 19 heavy (non-hydrogen) atoms. The SMILES string of the molecule is O=CN1CCN(c2ccc(F)cc2CC(=O)O)CC1. The van der Waals surface area contributed by atoms with Crippen LogP contribution in [0.15, 0.2) is 18.2 Å². The molecule has 1 fully saturated rings. The van der Waals surface area contributed by atoms with Crippen LogP contribution < -0.4 is 4.90 Å². The smallest absolute Gasteiger partial charge is 0.307 e. The van der Waals surface area contributed by atoms with Gasteiger partial charge in [0.05, 0.1) is 6.42 Å². The van der Waals surface area contributed by atoms with Crippen LogP contribution >= 0.6 is 0 Å². The van der Waals surface area contributed by atoms with Crippen molar-refractivity contribution in [3.05, 3.63) is 29.6 Å². The van der Waals surface area contributed by atoms with Crippen LogP contribution in [-0.4, -0.2) is 48.6 Å². The molecule has 2 rings (SSSR count). The van der Waals surface area contributed by atoms with Gasteiger partial charge in [-0.2, -0.15) is 0 Å². The summed E-state index contributed by atoms with van der Waals surface area (Å²) < 4.78 is 13.2. The summed E-state index contributed by atoms with van der Waals surface area (Å²) in [6.07, 6.45) is 0.598. The minimum Gasteiger partial charge on any atom is -0.481 e. The van der Waals surface area contributed by atoms with E-state index in [2.05, 4.69) is 0 Å². The summed E-state index contributed by atoms with van der Waals surface area (Å²) in [5.41, 5.74) is 1.20. The predicted molar refractivity (Wildman–Crippen MR) is 67.6 cm³/mol. The first-order valence-corrected chi connectivity index (χ1v) is 6.04. The van der Waals surface area contributed by atoms with Crippen molar-refractivity contribution >= 4 is 18.1 Å². The highest BCUT2D eigenvalue weighted by atomic mass is 19.1. The molecule has 0 unspecified atom stereocenters. The van der Waals surface area contributed by atoms with Gasteiger partial charge in [0.25, 0.3) is 0 Å². The fourth-order valence-electron chi connectivity index (χ4n) is 2.24. The Kier molecular flexibility index (Phi) is 3.99. The van der Waals surface area contributed by atoms with Gasteiger partial charge in [-0.3, -0.25) is 9.59 Å². The van der Waals surface area contributed by atoms with Gasteiger partial charge in [0.1, 0.15) is 5.82 Å². The number of rotatable bonds is 4. The summed E-state index contributed by atoms with van der Waals surface area (Å²) in [5, 5.41) is 8.87. The van der Waals surface area contributed by atoms with Crippen molar-refractivity contribution in [1.29, 1.82) is 0 Å². The molecule has 0 spiro atoms. The topological polar surface area (TPSA) is 60.9 Å². The number of carboxylic acids is 1. The van der Waals surface area contributed by atoms with Gasteiger partial charge >= 0.3 is 5.97 Å². The van der Waals surface area contributed by atoms with E-state index < -0.39 is 11.8 Å². The van der Waals surface area contributed by atoms with Gasteiger partial charge in [-0.1, -0.05) is 0 Å². The molecule has 0 bridgehead atoms. The maximum atomic E-state index is 13.2. The van der Waals surface area contributed by atoms with Crippen LogP contribution in [0.5, 0.6) is 0 Å². The van der Waals surface area contributed by atoms with Gasteiger partial charge in [0.2, 0.25) is 6.41 Å². The molecule has 0 atom stereocenters. The average Bonchev–Trinajstić information content (AvgIpc) is 2.38. The van der Waals surface area contributed by atoms with E-state index in [0.717, 1.165) is 12.1 Å². The highest BCUT2D eigenvalue weighted by molar-refractivity contribution is 5.73. The molecule has 1 saturated heterocycles. The lowest BCUT2D eigenvalue weighted by Crippen LogP contribution is -2.46. The summed E-state index contributed by atoms with van der Waals surface area (Å²) in [4.78, 5) is 25.1. The quantitative estimate of drug-likeness (QED) is 0.816. The maximum Gasteiger partial charge on any atom is 0.307 e. The molecular weight excluding hydrogens is 251 g/mol. The summed E-state index contributed by atoms with van der Waals surface area (Å²) >= 11 is 0.